The van der Waals surface area contributed by atoms with Crippen molar-refractivity contribution in [3.05, 3.63) is 24.3 Å². The molecule has 0 aromatic heterocycles. The van der Waals surface area contributed by atoms with Gasteiger partial charge in [-0.15, -0.1) is 0 Å². The zero-order chi connectivity index (χ0) is 14.8. The first kappa shape index (κ1) is 15.0. The Labute approximate surface area is 119 Å². The third-order valence-corrected chi connectivity index (χ3v) is 5.46. The summed E-state index contributed by atoms with van der Waals surface area (Å²) in [7, 11) is -3.20. The molecule has 0 bridgehead atoms. The topological polar surface area (TPSA) is 89.3 Å². The van der Waals surface area contributed by atoms with E-state index in [4.69, 9.17) is 5.73 Å². The van der Waals surface area contributed by atoms with Crippen LogP contribution in [0.25, 0.3) is 0 Å². The molecule has 5 nitrogen and oxygen atoms in total. The van der Waals surface area contributed by atoms with E-state index >= 15 is 0 Å². The number of benzene rings is 1. The molecule has 1 aromatic carbocycles. The van der Waals surface area contributed by atoms with Crippen molar-refractivity contribution < 1.29 is 13.2 Å². The molecule has 1 fully saturated rings. The molecule has 0 radical (unpaired) electrons. The Balaban J connectivity index is 2.02. The van der Waals surface area contributed by atoms with E-state index in [1.54, 1.807) is 19.1 Å². The highest BCUT2D eigenvalue weighted by molar-refractivity contribution is 7.91. The van der Waals surface area contributed by atoms with E-state index in [0.29, 0.717) is 12.1 Å². The lowest BCUT2D eigenvalue weighted by molar-refractivity contribution is -0.119. The average Bonchev–Trinajstić information content (AvgIpc) is 2.86. The smallest absolute Gasteiger partial charge is 0.227 e. The Morgan fingerprint density at radius 1 is 1.30 bits per heavy atom. The number of hydrogen-bond acceptors (Lipinski definition) is 4. The summed E-state index contributed by atoms with van der Waals surface area (Å²) < 4.78 is 23.4. The molecule has 6 heteroatoms. The number of rotatable bonds is 4. The highest BCUT2D eigenvalue weighted by Crippen LogP contribution is 2.25. The van der Waals surface area contributed by atoms with Gasteiger partial charge < -0.3 is 11.1 Å². The maximum Gasteiger partial charge on any atom is 0.227 e. The van der Waals surface area contributed by atoms with Crippen LogP contribution in [-0.4, -0.2) is 26.1 Å². The van der Waals surface area contributed by atoms with E-state index < -0.39 is 9.84 Å². The largest absolute Gasteiger partial charge is 0.328 e. The molecule has 0 heterocycles. The number of sulfone groups is 1. The highest BCUT2D eigenvalue weighted by atomic mass is 32.2. The Morgan fingerprint density at radius 3 is 2.45 bits per heavy atom. The second-order valence-corrected chi connectivity index (χ2v) is 7.47. The number of anilines is 1. The molecule has 2 unspecified atom stereocenters. The fourth-order valence-corrected chi connectivity index (χ4v) is 3.30. The van der Waals surface area contributed by atoms with Crippen LogP contribution >= 0.6 is 0 Å². The molecule has 20 heavy (non-hydrogen) atoms. The number of hydrogen-bond donors (Lipinski definition) is 2. The van der Waals surface area contributed by atoms with Crippen LogP contribution in [0.2, 0.25) is 0 Å². The number of nitrogens with two attached hydrogens (primary N) is 1. The fourth-order valence-electron chi connectivity index (χ4n) is 2.41. The van der Waals surface area contributed by atoms with E-state index in [-0.39, 0.29) is 28.5 Å². The Bertz CT molecular complexity index is 581. The SMILES string of the molecule is CCS(=O)(=O)c1ccc(NC(=O)C2CCC(N)C2)cc1. The molecule has 1 saturated carbocycles. The number of carbonyl (C=O) groups excluding carboxylic acids is 1. The molecule has 1 aromatic rings. The average molecular weight is 296 g/mol. The van der Waals surface area contributed by atoms with Gasteiger partial charge in [0.15, 0.2) is 9.84 Å². The lowest BCUT2D eigenvalue weighted by atomic mass is 10.1. The molecular weight excluding hydrogens is 276 g/mol. The maximum atomic E-state index is 12.0. The molecule has 110 valence electrons. The van der Waals surface area contributed by atoms with Gasteiger partial charge in [0.2, 0.25) is 5.91 Å². The normalized spacial score (nSPS) is 22.7. The van der Waals surface area contributed by atoms with Gasteiger partial charge in [-0.25, -0.2) is 8.42 Å². The molecular formula is C14H20N2O3S. The third kappa shape index (κ3) is 3.37. The standard InChI is InChI=1S/C14H20N2O3S/c1-2-20(18,19)13-7-5-12(6-8-13)16-14(17)10-3-4-11(15)9-10/h5-8,10-11H,2-4,9,15H2,1H3,(H,16,17). The summed E-state index contributed by atoms with van der Waals surface area (Å²) in [5.41, 5.74) is 6.41. The number of amides is 1. The minimum atomic E-state index is -3.20. The van der Waals surface area contributed by atoms with Crippen molar-refractivity contribution in [3.63, 3.8) is 0 Å². The van der Waals surface area contributed by atoms with Crippen LogP contribution < -0.4 is 11.1 Å². The van der Waals surface area contributed by atoms with Crippen LogP contribution in [-0.2, 0) is 14.6 Å². The van der Waals surface area contributed by atoms with E-state index in [9.17, 15) is 13.2 Å². The van der Waals surface area contributed by atoms with Crippen molar-refractivity contribution in [2.75, 3.05) is 11.1 Å². The molecule has 1 aliphatic rings. The quantitative estimate of drug-likeness (QED) is 0.882. The van der Waals surface area contributed by atoms with E-state index in [1.807, 2.05) is 0 Å². The Kier molecular flexibility index (Phi) is 4.45. The zero-order valence-corrected chi connectivity index (χ0v) is 12.3. The first-order chi connectivity index (χ1) is 9.42. The summed E-state index contributed by atoms with van der Waals surface area (Å²) in [6.45, 7) is 1.61. The van der Waals surface area contributed by atoms with Crippen LogP contribution in [0.15, 0.2) is 29.2 Å². The summed E-state index contributed by atoms with van der Waals surface area (Å²) in [6, 6.07) is 6.40. The molecule has 0 spiro atoms. The van der Waals surface area contributed by atoms with Gasteiger partial charge in [0, 0.05) is 17.6 Å². The lowest BCUT2D eigenvalue weighted by Gasteiger charge is -2.11. The van der Waals surface area contributed by atoms with E-state index in [2.05, 4.69) is 5.32 Å². The van der Waals surface area contributed by atoms with Crippen molar-refractivity contribution in [1.82, 2.24) is 0 Å². The minimum Gasteiger partial charge on any atom is -0.328 e. The van der Waals surface area contributed by atoms with Gasteiger partial charge in [-0.3, -0.25) is 4.79 Å². The van der Waals surface area contributed by atoms with Crippen LogP contribution in [0.3, 0.4) is 0 Å². The molecule has 3 N–H and O–H groups in total. The molecule has 0 saturated heterocycles. The maximum absolute atomic E-state index is 12.0. The number of nitrogens with one attached hydrogen (secondary N) is 1. The molecule has 2 rings (SSSR count). The van der Waals surface area contributed by atoms with Crippen LogP contribution in [0.1, 0.15) is 26.2 Å². The van der Waals surface area contributed by atoms with Gasteiger partial charge in [0.25, 0.3) is 0 Å². The summed E-state index contributed by atoms with van der Waals surface area (Å²) in [5.74, 6) is -0.00771. The second kappa shape index (κ2) is 5.93. The van der Waals surface area contributed by atoms with Crippen LogP contribution in [0.5, 0.6) is 0 Å². The van der Waals surface area contributed by atoms with Crippen molar-refractivity contribution >= 4 is 21.4 Å². The van der Waals surface area contributed by atoms with Crippen LogP contribution in [0.4, 0.5) is 5.69 Å². The summed E-state index contributed by atoms with van der Waals surface area (Å²) in [5, 5.41) is 2.81. The minimum absolute atomic E-state index is 0.0379. The Morgan fingerprint density at radius 2 is 1.95 bits per heavy atom. The van der Waals surface area contributed by atoms with Crippen molar-refractivity contribution in [1.29, 1.82) is 0 Å². The molecule has 2 atom stereocenters. The predicted octanol–water partition coefficient (Wildman–Crippen LogP) is 1.55. The van der Waals surface area contributed by atoms with Gasteiger partial charge >= 0.3 is 0 Å². The van der Waals surface area contributed by atoms with E-state index in [0.717, 1.165) is 12.8 Å². The Hall–Kier alpha value is -1.40. The van der Waals surface area contributed by atoms with E-state index in [1.165, 1.54) is 12.1 Å². The van der Waals surface area contributed by atoms with Gasteiger partial charge in [-0.2, -0.15) is 0 Å². The predicted molar refractivity (Wildman–Crippen MR) is 78.1 cm³/mol. The highest BCUT2D eigenvalue weighted by Gasteiger charge is 2.27. The summed E-state index contributed by atoms with van der Waals surface area (Å²) in [4.78, 5) is 12.3. The van der Waals surface area contributed by atoms with Crippen LogP contribution in [0, 0.1) is 5.92 Å². The van der Waals surface area contributed by atoms with Gasteiger partial charge in [0.05, 0.1) is 10.6 Å². The summed E-state index contributed by atoms with van der Waals surface area (Å²) in [6.07, 6.45) is 2.41. The van der Waals surface area contributed by atoms with Crippen molar-refractivity contribution in [2.24, 2.45) is 11.7 Å². The third-order valence-electron chi connectivity index (χ3n) is 3.70. The first-order valence-corrected chi connectivity index (χ1v) is 8.47. The zero-order valence-electron chi connectivity index (χ0n) is 11.5. The fraction of sp³-hybridized carbons (Fsp3) is 0.500. The molecule has 1 amide bonds. The molecule has 1 aliphatic carbocycles. The van der Waals surface area contributed by atoms with Crippen molar-refractivity contribution in [3.8, 4) is 0 Å². The number of carbonyl (C=O) groups is 1. The van der Waals surface area contributed by atoms with Crippen molar-refractivity contribution in [2.45, 2.75) is 37.1 Å². The summed E-state index contributed by atoms with van der Waals surface area (Å²) >= 11 is 0. The van der Waals surface area contributed by atoms with Gasteiger partial charge in [-0.1, -0.05) is 6.92 Å². The van der Waals surface area contributed by atoms with Gasteiger partial charge in [0.1, 0.15) is 0 Å². The monoisotopic (exact) mass is 296 g/mol. The van der Waals surface area contributed by atoms with Gasteiger partial charge in [-0.05, 0) is 43.5 Å². The second-order valence-electron chi connectivity index (χ2n) is 5.19. The lowest BCUT2D eigenvalue weighted by Crippen LogP contribution is -2.23. The first-order valence-electron chi connectivity index (χ1n) is 6.81. The molecule has 0 aliphatic heterocycles.